The molecule has 0 N–H and O–H groups in total. The van der Waals surface area contributed by atoms with Gasteiger partial charge >= 0.3 is 0 Å². The fraction of sp³-hybridized carbons (Fsp3) is 0.0769. The summed E-state index contributed by atoms with van der Waals surface area (Å²) >= 11 is 5.92. The Balaban J connectivity index is 2.27. The summed E-state index contributed by atoms with van der Waals surface area (Å²) < 4.78 is 14.9. The molecule has 3 aromatic rings. The molecule has 0 aliphatic rings. The average molecular weight is 262 g/mol. The number of hydrogen-bond donors (Lipinski definition) is 0. The van der Waals surface area contributed by atoms with Crippen molar-refractivity contribution in [3.63, 3.8) is 0 Å². The first-order chi connectivity index (χ1) is 8.66. The van der Waals surface area contributed by atoms with E-state index in [-0.39, 0.29) is 10.8 Å². The van der Waals surface area contributed by atoms with Crippen LogP contribution in [0.4, 0.5) is 4.39 Å². The zero-order valence-electron chi connectivity index (χ0n) is 9.56. The van der Waals surface area contributed by atoms with Gasteiger partial charge in [-0.2, -0.15) is 5.10 Å². The molecule has 0 unspecified atom stereocenters. The number of benzene rings is 1. The van der Waals surface area contributed by atoms with Gasteiger partial charge in [-0.05, 0) is 6.92 Å². The first-order valence-electron chi connectivity index (χ1n) is 5.43. The van der Waals surface area contributed by atoms with E-state index in [1.165, 1.54) is 4.52 Å². The van der Waals surface area contributed by atoms with Gasteiger partial charge in [-0.15, -0.1) is 0 Å². The molecule has 0 fully saturated rings. The maximum Gasteiger partial charge on any atom is 0.181 e. The van der Waals surface area contributed by atoms with Gasteiger partial charge in [0.25, 0.3) is 0 Å². The van der Waals surface area contributed by atoms with Gasteiger partial charge in [-0.25, -0.2) is 13.9 Å². The Labute approximate surface area is 108 Å². The minimum atomic E-state index is -0.535. The second-order valence-electron chi connectivity index (χ2n) is 3.97. The normalized spacial score (nSPS) is 11.1. The lowest BCUT2D eigenvalue weighted by atomic mass is 10.2. The fourth-order valence-electron chi connectivity index (χ4n) is 1.81. The highest BCUT2D eigenvalue weighted by Gasteiger charge is 2.13. The summed E-state index contributed by atoms with van der Waals surface area (Å²) in [6.07, 6.45) is 0. The third-order valence-electron chi connectivity index (χ3n) is 2.73. The Morgan fingerprint density at radius 1 is 1.22 bits per heavy atom. The molecule has 0 saturated carbocycles. The summed E-state index contributed by atoms with van der Waals surface area (Å²) in [5.41, 5.74) is 2.47. The predicted molar refractivity (Wildman–Crippen MR) is 68.1 cm³/mol. The van der Waals surface area contributed by atoms with Crippen molar-refractivity contribution in [1.82, 2.24) is 14.6 Å². The molecule has 0 atom stereocenters. The van der Waals surface area contributed by atoms with Crippen LogP contribution in [0.25, 0.3) is 16.9 Å². The van der Waals surface area contributed by atoms with Crippen molar-refractivity contribution in [1.29, 1.82) is 0 Å². The quantitative estimate of drug-likeness (QED) is 0.628. The summed E-state index contributed by atoms with van der Waals surface area (Å²) in [5.74, 6) is -0.535. The van der Waals surface area contributed by atoms with E-state index in [0.29, 0.717) is 5.65 Å². The van der Waals surface area contributed by atoms with Gasteiger partial charge in [-0.1, -0.05) is 41.9 Å². The number of hydrogen-bond acceptors (Lipinski definition) is 2. The molecule has 5 heteroatoms. The number of aromatic nitrogens is 3. The molecule has 2 heterocycles. The van der Waals surface area contributed by atoms with Gasteiger partial charge in [0.05, 0.1) is 11.4 Å². The molecule has 18 heavy (non-hydrogen) atoms. The van der Waals surface area contributed by atoms with Gasteiger partial charge in [-0.3, -0.25) is 0 Å². The Bertz CT molecular complexity index is 722. The van der Waals surface area contributed by atoms with Crippen molar-refractivity contribution in [2.75, 3.05) is 0 Å². The molecule has 0 saturated heterocycles. The molecule has 90 valence electrons. The highest BCUT2D eigenvalue weighted by molar-refractivity contribution is 6.29. The summed E-state index contributed by atoms with van der Waals surface area (Å²) in [7, 11) is 0. The van der Waals surface area contributed by atoms with E-state index in [1.54, 1.807) is 13.0 Å². The molecule has 2 aromatic heterocycles. The zero-order valence-corrected chi connectivity index (χ0v) is 10.3. The third kappa shape index (κ3) is 1.66. The van der Waals surface area contributed by atoms with E-state index in [4.69, 9.17) is 11.6 Å². The van der Waals surface area contributed by atoms with Crippen LogP contribution in [0.5, 0.6) is 0 Å². The topological polar surface area (TPSA) is 30.2 Å². The standard InChI is InChI=1S/C13H9ClFN3/c1-8-12(15)13(14)18-11(16-8)7-10(17-18)9-5-3-2-4-6-9/h2-7H,1H3. The number of nitrogens with zero attached hydrogens (tertiary/aromatic N) is 3. The van der Waals surface area contributed by atoms with Crippen LogP contribution in [0.1, 0.15) is 5.69 Å². The third-order valence-corrected chi connectivity index (χ3v) is 3.05. The van der Waals surface area contributed by atoms with Crippen molar-refractivity contribution < 1.29 is 4.39 Å². The molecule has 0 amide bonds. The predicted octanol–water partition coefficient (Wildman–Crippen LogP) is 3.50. The van der Waals surface area contributed by atoms with E-state index >= 15 is 0 Å². The van der Waals surface area contributed by atoms with Crippen LogP contribution in [-0.4, -0.2) is 14.6 Å². The van der Waals surface area contributed by atoms with Crippen molar-refractivity contribution in [2.45, 2.75) is 6.92 Å². The van der Waals surface area contributed by atoms with E-state index in [9.17, 15) is 4.39 Å². The van der Waals surface area contributed by atoms with Crippen LogP contribution in [0.2, 0.25) is 5.15 Å². The molecular formula is C13H9ClFN3. The van der Waals surface area contributed by atoms with Crippen LogP contribution in [0.3, 0.4) is 0 Å². The maximum atomic E-state index is 13.6. The molecule has 1 aromatic carbocycles. The average Bonchev–Trinajstić information content (AvgIpc) is 2.81. The van der Waals surface area contributed by atoms with E-state index in [1.807, 2.05) is 30.3 Å². The van der Waals surface area contributed by atoms with Crippen LogP contribution < -0.4 is 0 Å². The summed E-state index contributed by atoms with van der Waals surface area (Å²) in [6.45, 7) is 1.58. The zero-order chi connectivity index (χ0) is 12.7. The largest absolute Gasteiger partial charge is 0.231 e. The lowest BCUT2D eigenvalue weighted by molar-refractivity contribution is 0.596. The van der Waals surface area contributed by atoms with Gasteiger partial charge in [0.15, 0.2) is 16.6 Å². The minimum absolute atomic E-state index is 0.0420. The monoisotopic (exact) mass is 261 g/mol. The van der Waals surface area contributed by atoms with Crippen LogP contribution in [-0.2, 0) is 0 Å². The van der Waals surface area contributed by atoms with Crippen LogP contribution in [0, 0.1) is 12.7 Å². The van der Waals surface area contributed by atoms with Gasteiger partial charge < -0.3 is 0 Å². The molecule has 3 nitrogen and oxygen atoms in total. The molecule has 0 radical (unpaired) electrons. The summed E-state index contributed by atoms with van der Waals surface area (Å²) in [5, 5.41) is 4.22. The number of aryl methyl sites for hydroxylation is 1. The van der Waals surface area contributed by atoms with Crippen molar-refractivity contribution in [3.8, 4) is 11.3 Å². The maximum absolute atomic E-state index is 13.6. The number of halogens is 2. The molecule has 0 aliphatic heterocycles. The second kappa shape index (κ2) is 4.07. The Morgan fingerprint density at radius 2 is 1.94 bits per heavy atom. The molecule has 3 rings (SSSR count). The lowest BCUT2D eigenvalue weighted by Gasteiger charge is -2.00. The SMILES string of the molecule is Cc1nc2cc(-c3ccccc3)nn2c(Cl)c1F. The van der Waals surface area contributed by atoms with Gasteiger partial charge in [0.1, 0.15) is 0 Å². The fourth-order valence-corrected chi connectivity index (χ4v) is 2.07. The molecule has 0 aliphatic carbocycles. The minimum Gasteiger partial charge on any atom is -0.231 e. The highest BCUT2D eigenvalue weighted by atomic mass is 35.5. The van der Waals surface area contributed by atoms with Crippen LogP contribution >= 0.6 is 11.6 Å². The molecular weight excluding hydrogens is 253 g/mol. The van der Waals surface area contributed by atoms with Crippen molar-refractivity contribution in [2.24, 2.45) is 0 Å². The van der Waals surface area contributed by atoms with E-state index in [2.05, 4.69) is 10.1 Å². The lowest BCUT2D eigenvalue weighted by Crippen LogP contribution is -1.99. The number of fused-ring (bicyclic) bond motifs is 1. The second-order valence-corrected chi connectivity index (χ2v) is 4.33. The molecule has 0 spiro atoms. The first kappa shape index (κ1) is 11.2. The van der Waals surface area contributed by atoms with Gasteiger partial charge in [0.2, 0.25) is 0 Å². The van der Waals surface area contributed by atoms with Crippen molar-refractivity contribution in [3.05, 3.63) is 53.1 Å². The van der Waals surface area contributed by atoms with E-state index < -0.39 is 5.82 Å². The number of rotatable bonds is 1. The smallest absolute Gasteiger partial charge is 0.181 e. The van der Waals surface area contributed by atoms with Crippen molar-refractivity contribution >= 4 is 17.2 Å². The van der Waals surface area contributed by atoms with Crippen LogP contribution in [0.15, 0.2) is 36.4 Å². The first-order valence-corrected chi connectivity index (χ1v) is 5.81. The Hall–Kier alpha value is -1.94. The highest BCUT2D eigenvalue weighted by Crippen LogP contribution is 2.23. The Morgan fingerprint density at radius 3 is 2.67 bits per heavy atom. The van der Waals surface area contributed by atoms with Gasteiger partial charge in [0, 0.05) is 11.6 Å². The summed E-state index contributed by atoms with van der Waals surface area (Å²) in [4.78, 5) is 4.12. The van der Waals surface area contributed by atoms with E-state index in [0.717, 1.165) is 11.3 Å². The Kier molecular flexibility index (Phi) is 2.52. The summed E-state index contributed by atoms with van der Waals surface area (Å²) in [6, 6.07) is 11.4. The molecule has 0 bridgehead atoms.